The van der Waals surface area contributed by atoms with Gasteiger partial charge in [0.1, 0.15) is 0 Å². The van der Waals surface area contributed by atoms with E-state index in [0.717, 1.165) is 17.8 Å². The molecule has 0 amide bonds. The van der Waals surface area contributed by atoms with Gasteiger partial charge in [0.15, 0.2) is 0 Å². The SMILES string of the molecule is C=CCC12CC3CC(CC(C3)C1(CC=C)CC=C)C2. The van der Waals surface area contributed by atoms with Crippen LogP contribution >= 0.6 is 0 Å². The molecule has 104 valence electrons. The van der Waals surface area contributed by atoms with Crippen LogP contribution in [0.2, 0.25) is 0 Å². The van der Waals surface area contributed by atoms with Crippen LogP contribution in [0.1, 0.15) is 51.4 Å². The summed E-state index contributed by atoms with van der Waals surface area (Å²) in [7, 11) is 0. The van der Waals surface area contributed by atoms with Crippen molar-refractivity contribution < 1.29 is 0 Å². The molecule has 4 rings (SSSR count). The van der Waals surface area contributed by atoms with Gasteiger partial charge in [0.25, 0.3) is 0 Å². The van der Waals surface area contributed by atoms with Gasteiger partial charge in [-0.3, -0.25) is 0 Å². The summed E-state index contributed by atoms with van der Waals surface area (Å²) in [6.45, 7) is 12.2. The summed E-state index contributed by atoms with van der Waals surface area (Å²) in [5.74, 6) is 2.91. The molecule has 0 aromatic heterocycles. The Hall–Kier alpha value is -0.780. The number of allylic oxidation sites excluding steroid dienone is 3. The molecule has 19 heavy (non-hydrogen) atoms. The van der Waals surface area contributed by atoms with Crippen LogP contribution in [0.3, 0.4) is 0 Å². The Morgan fingerprint density at radius 3 is 1.79 bits per heavy atom. The van der Waals surface area contributed by atoms with Crippen molar-refractivity contribution in [3.63, 3.8) is 0 Å². The van der Waals surface area contributed by atoms with Crippen molar-refractivity contribution in [2.75, 3.05) is 0 Å². The second kappa shape index (κ2) is 4.65. The molecule has 0 aromatic rings. The minimum Gasteiger partial charge on any atom is -0.103 e. The Balaban J connectivity index is 2.05. The Labute approximate surface area is 118 Å². The van der Waals surface area contributed by atoms with Crippen LogP contribution in [0.15, 0.2) is 38.0 Å². The van der Waals surface area contributed by atoms with Crippen LogP contribution in [0.5, 0.6) is 0 Å². The molecule has 0 aromatic carbocycles. The molecule has 0 radical (unpaired) electrons. The van der Waals surface area contributed by atoms with Crippen molar-refractivity contribution in [1.82, 2.24) is 0 Å². The summed E-state index contributed by atoms with van der Waals surface area (Å²) in [6, 6.07) is 0. The quantitative estimate of drug-likeness (QED) is 0.548. The third-order valence-corrected chi connectivity index (χ3v) is 6.65. The maximum atomic E-state index is 4.07. The average molecular weight is 256 g/mol. The monoisotopic (exact) mass is 256 g/mol. The van der Waals surface area contributed by atoms with E-state index in [1.165, 1.54) is 51.4 Å². The molecule has 0 heterocycles. The van der Waals surface area contributed by atoms with Crippen LogP contribution in [-0.4, -0.2) is 0 Å². The Bertz CT molecular complexity index is 365. The van der Waals surface area contributed by atoms with E-state index >= 15 is 0 Å². The minimum atomic E-state index is 0.443. The third kappa shape index (κ3) is 1.72. The third-order valence-electron chi connectivity index (χ3n) is 6.65. The molecule has 0 aliphatic heterocycles. The molecule has 0 saturated heterocycles. The topological polar surface area (TPSA) is 0 Å². The average Bonchev–Trinajstić information content (AvgIpc) is 2.35. The number of rotatable bonds is 6. The van der Waals surface area contributed by atoms with Gasteiger partial charge in [-0.15, -0.1) is 19.7 Å². The first-order valence-corrected chi connectivity index (χ1v) is 8.02. The molecule has 0 spiro atoms. The molecule has 2 unspecified atom stereocenters. The summed E-state index contributed by atoms with van der Waals surface area (Å²) in [5.41, 5.74) is 0.948. The van der Waals surface area contributed by atoms with Crippen molar-refractivity contribution in [1.29, 1.82) is 0 Å². The lowest BCUT2D eigenvalue weighted by molar-refractivity contribution is -0.174. The van der Waals surface area contributed by atoms with E-state index in [1.807, 2.05) is 0 Å². The normalized spacial score (nSPS) is 42.0. The summed E-state index contributed by atoms with van der Waals surface area (Å²) in [5, 5.41) is 0. The van der Waals surface area contributed by atoms with E-state index in [4.69, 9.17) is 0 Å². The molecule has 4 bridgehead atoms. The Kier molecular flexibility index (Phi) is 3.23. The zero-order valence-corrected chi connectivity index (χ0v) is 12.2. The minimum absolute atomic E-state index is 0.443. The maximum Gasteiger partial charge on any atom is -0.0141 e. The molecular weight excluding hydrogens is 228 g/mol. The molecule has 4 aliphatic carbocycles. The molecule has 2 atom stereocenters. The standard InChI is InChI=1S/C19H28/c1-4-7-18-13-15-10-16(14-18)12-17(11-15)19(18,8-5-2)9-6-3/h4-6,15-17H,1-3,7-14H2. The first-order chi connectivity index (χ1) is 9.19. The van der Waals surface area contributed by atoms with Gasteiger partial charge in [0, 0.05) is 0 Å². The Morgan fingerprint density at radius 2 is 1.32 bits per heavy atom. The number of hydrogen-bond acceptors (Lipinski definition) is 0. The van der Waals surface area contributed by atoms with E-state index in [-0.39, 0.29) is 0 Å². The van der Waals surface area contributed by atoms with Crippen LogP contribution in [0.25, 0.3) is 0 Å². The van der Waals surface area contributed by atoms with Gasteiger partial charge in [0.2, 0.25) is 0 Å². The number of hydrogen-bond donors (Lipinski definition) is 0. The van der Waals surface area contributed by atoms with Gasteiger partial charge < -0.3 is 0 Å². The first kappa shape index (κ1) is 13.2. The van der Waals surface area contributed by atoms with E-state index in [2.05, 4.69) is 38.0 Å². The van der Waals surface area contributed by atoms with Crippen LogP contribution in [0, 0.1) is 28.6 Å². The zero-order chi connectivity index (χ0) is 13.5. The van der Waals surface area contributed by atoms with Gasteiger partial charge >= 0.3 is 0 Å². The largest absolute Gasteiger partial charge is 0.103 e. The highest BCUT2D eigenvalue weighted by Crippen LogP contribution is 2.72. The summed E-state index contributed by atoms with van der Waals surface area (Å²) >= 11 is 0. The molecule has 0 heteroatoms. The molecular formula is C19H28. The van der Waals surface area contributed by atoms with Crippen molar-refractivity contribution in [2.45, 2.75) is 51.4 Å². The van der Waals surface area contributed by atoms with Crippen molar-refractivity contribution in [3.05, 3.63) is 38.0 Å². The van der Waals surface area contributed by atoms with Gasteiger partial charge in [-0.2, -0.15) is 0 Å². The molecule has 4 fully saturated rings. The summed E-state index contributed by atoms with van der Waals surface area (Å²) in [4.78, 5) is 0. The van der Waals surface area contributed by atoms with E-state index in [1.54, 1.807) is 0 Å². The van der Waals surface area contributed by atoms with Gasteiger partial charge in [0.05, 0.1) is 0 Å². The smallest absolute Gasteiger partial charge is 0.0141 e. The Morgan fingerprint density at radius 1 is 0.789 bits per heavy atom. The fourth-order valence-corrected chi connectivity index (χ4v) is 6.39. The van der Waals surface area contributed by atoms with E-state index in [9.17, 15) is 0 Å². The lowest BCUT2D eigenvalue weighted by atomic mass is 9.36. The maximum absolute atomic E-state index is 4.07. The van der Waals surface area contributed by atoms with Crippen LogP contribution in [-0.2, 0) is 0 Å². The fraction of sp³-hybridized carbons (Fsp3) is 0.684. The van der Waals surface area contributed by atoms with Gasteiger partial charge in [-0.1, -0.05) is 18.2 Å². The highest BCUT2D eigenvalue weighted by Gasteiger charge is 2.63. The predicted molar refractivity (Wildman–Crippen MR) is 82.9 cm³/mol. The lowest BCUT2D eigenvalue weighted by Crippen LogP contribution is -2.59. The second-order valence-electron chi connectivity index (χ2n) is 7.46. The first-order valence-electron chi connectivity index (χ1n) is 8.02. The highest BCUT2D eigenvalue weighted by molar-refractivity contribution is 5.17. The van der Waals surface area contributed by atoms with Crippen molar-refractivity contribution in [3.8, 4) is 0 Å². The highest BCUT2D eigenvalue weighted by atomic mass is 14.7. The summed E-state index contributed by atoms with van der Waals surface area (Å²) < 4.78 is 0. The van der Waals surface area contributed by atoms with Gasteiger partial charge in [-0.25, -0.2) is 0 Å². The van der Waals surface area contributed by atoms with Crippen LogP contribution in [0.4, 0.5) is 0 Å². The van der Waals surface area contributed by atoms with E-state index in [0.29, 0.717) is 10.8 Å². The fourth-order valence-electron chi connectivity index (χ4n) is 6.39. The predicted octanol–water partition coefficient (Wildman–Crippen LogP) is 5.53. The molecule has 4 saturated carbocycles. The summed E-state index contributed by atoms with van der Waals surface area (Å²) in [6.07, 6.45) is 17.4. The van der Waals surface area contributed by atoms with Crippen molar-refractivity contribution >= 4 is 0 Å². The van der Waals surface area contributed by atoms with Crippen LogP contribution < -0.4 is 0 Å². The lowest BCUT2D eigenvalue weighted by Gasteiger charge is -2.68. The second-order valence-corrected chi connectivity index (χ2v) is 7.46. The zero-order valence-electron chi connectivity index (χ0n) is 12.2. The molecule has 4 aliphatic rings. The van der Waals surface area contributed by atoms with Crippen molar-refractivity contribution in [2.24, 2.45) is 28.6 Å². The van der Waals surface area contributed by atoms with Gasteiger partial charge in [-0.05, 0) is 80.0 Å². The molecule has 0 nitrogen and oxygen atoms in total. The van der Waals surface area contributed by atoms with E-state index < -0.39 is 0 Å². The molecule has 0 N–H and O–H groups in total.